The van der Waals surface area contributed by atoms with Crippen molar-refractivity contribution < 1.29 is 4.42 Å². The van der Waals surface area contributed by atoms with Crippen LogP contribution in [-0.2, 0) is 5.41 Å². The summed E-state index contributed by atoms with van der Waals surface area (Å²) in [4.78, 5) is 0. The normalized spacial score (nSPS) is 14.2. The standard InChI is InChI=1S/C33H23NO/c1-33(2)25-14-8-6-13-23(25)29-26(33)18-19-27-30(29)24-17-16-22-21-12-7-9-15-28(21)35-32(22)31(24)34(27)20-10-4-3-5-11-20/h3-19H,1-2H3. The smallest absolute Gasteiger partial charge is 0.160 e. The van der Waals surface area contributed by atoms with Crippen LogP contribution in [0.3, 0.4) is 0 Å². The molecule has 166 valence electrons. The van der Waals surface area contributed by atoms with Gasteiger partial charge in [0.1, 0.15) is 5.58 Å². The molecule has 0 N–H and O–H groups in total. The van der Waals surface area contributed by atoms with E-state index < -0.39 is 0 Å². The predicted octanol–water partition coefficient (Wildman–Crippen LogP) is 8.99. The molecule has 0 amide bonds. The van der Waals surface area contributed by atoms with Crippen LogP contribution in [0.2, 0.25) is 0 Å². The van der Waals surface area contributed by atoms with Gasteiger partial charge in [-0.05, 0) is 52.6 Å². The van der Waals surface area contributed by atoms with Gasteiger partial charge in [0.05, 0.1) is 11.0 Å². The fraction of sp³-hybridized carbons (Fsp3) is 0.0909. The first-order valence-corrected chi connectivity index (χ1v) is 12.2. The number of nitrogens with zero attached hydrogens (tertiary/aromatic N) is 1. The summed E-state index contributed by atoms with van der Waals surface area (Å²) >= 11 is 0. The minimum Gasteiger partial charge on any atom is -0.454 e. The Kier molecular flexibility index (Phi) is 3.50. The van der Waals surface area contributed by atoms with Crippen LogP contribution >= 0.6 is 0 Å². The highest BCUT2D eigenvalue weighted by Gasteiger charge is 2.37. The zero-order valence-corrected chi connectivity index (χ0v) is 19.7. The van der Waals surface area contributed by atoms with Gasteiger partial charge >= 0.3 is 0 Å². The molecule has 0 bridgehead atoms. The topological polar surface area (TPSA) is 18.1 Å². The molecule has 0 fully saturated rings. The second-order valence-electron chi connectivity index (χ2n) is 10.2. The monoisotopic (exact) mass is 449 g/mol. The number of furan rings is 1. The van der Waals surface area contributed by atoms with E-state index in [0.717, 1.165) is 33.1 Å². The average molecular weight is 450 g/mol. The Morgan fingerprint density at radius 2 is 1.37 bits per heavy atom. The number of rotatable bonds is 1. The van der Waals surface area contributed by atoms with Crippen molar-refractivity contribution in [3.63, 3.8) is 0 Å². The Balaban J connectivity index is 1.65. The van der Waals surface area contributed by atoms with Crippen LogP contribution in [0.5, 0.6) is 0 Å². The van der Waals surface area contributed by atoms with Crippen molar-refractivity contribution >= 4 is 43.7 Å². The molecule has 1 aliphatic rings. The van der Waals surface area contributed by atoms with Crippen LogP contribution in [0.4, 0.5) is 0 Å². The van der Waals surface area contributed by atoms with Gasteiger partial charge in [0, 0.05) is 32.6 Å². The molecule has 0 aliphatic heterocycles. The van der Waals surface area contributed by atoms with E-state index in [0.29, 0.717) is 0 Å². The lowest BCUT2D eigenvalue weighted by atomic mass is 9.82. The van der Waals surface area contributed by atoms with Gasteiger partial charge in [0.25, 0.3) is 0 Å². The van der Waals surface area contributed by atoms with Gasteiger partial charge in [-0.2, -0.15) is 0 Å². The largest absolute Gasteiger partial charge is 0.454 e. The molecular weight excluding hydrogens is 426 g/mol. The van der Waals surface area contributed by atoms with E-state index in [1.165, 1.54) is 38.5 Å². The van der Waals surface area contributed by atoms with E-state index in [2.05, 4.69) is 115 Å². The van der Waals surface area contributed by atoms with Gasteiger partial charge in [0.2, 0.25) is 0 Å². The van der Waals surface area contributed by atoms with E-state index in [4.69, 9.17) is 4.42 Å². The van der Waals surface area contributed by atoms with E-state index in [-0.39, 0.29) is 5.41 Å². The summed E-state index contributed by atoms with van der Waals surface area (Å²) in [6.07, 6.45) is 0. The van der Waals surface area contributed by atoms with Crippen LogP contribution in [0.15, 0.2) is 108 Å². The molecule has 0 atom stereocenters. The van der Waals surface area contributed by atoms with Crippen molar-refractivity contribution in [2.45, 2.75) is 19.3 Å². The van der Waals surface area contributed by atoms with Gasteiger partial charge in [-0.1, -0.05) is 86.6 Å². The van der Waals surface area contributed by atoms with Gasteiger partial charge < -0.3 is 8.98 Å². The summed E-state index contributed by atoms with van der Waals surface area (Å²) in [5.41, 5.74) is 10.8. The van der Waals surface area contributed by atoms with E-state index in [1.807, 2.05) is 6.07 Å². The Hall–Kier alpha value is -4.30. The lowest BCUT2D eigenvalue weighted by Gasteiger charge is -2.21. The lowest BCUT2D eigenvalue weighted by molar-refractivity contribution is 0.661. The molecule has 0 spiro atoms. The number of hydrogen-bond donors (Lipinski definition) is 0. The first-order chi connectivity index (χ1) is 17.1. The molecule has 7 aromatic rings. The first kappa shape index (κ1) is 19.1. The Bertz CT molecular complexity index is 1970. The SMILES string of the molecule is CC1(C)c2ccccc2-c2c1ccc1c2c2ccc3c4ccccc4oc3c2n1-c1ccccc1. The van der Waals surface area contributed by atoms with Gasteiger partial charge in [-0.3, -0.25) is 0 Å². The zero-order valence-electron chi connectivity index (χ0n) is 19.7. The number of hydrogen-bond acceptors (Lipinski definition) is 1. The van der Waals surface area contributed by atoms with Crippen molar-refractivity contribution in [3.05, 3.63) is 114 Å². The Labute approximate surface area is 203 Å². The van der Waals surface area contributed by atoms with Gasteiger partial charge in [-0.25, -0.2) is 0 Å². The highest BCUT2D eigenvalue weighted by atomic mass is 16.3. The maximum absolute atomic E-state index is 6.57. The number of fused-ring (bicyclic) bond motifs is 11. The Morgan fingerprint density at radius 3 is 2.26 bits per heavy atom. The average Bonchev–Trinajstić information content (AvgIpc) is 3.51. The van der Waals surface area contributed by atoms with Crippen molar-refractivity contribution in [1.82, 2.24) is 4.57 Å². The van der Waals surface area contributed by atoms with Crippen molar-refractivity contribution in [3.8, 4) is 16.8 Å². The van der Waals surface area contributed by atoms with Crippen LogP contribution in [0.25, 0.3) is 60.6 Å². The Morgan fingerprint density at radius 1 is 0.629 bits per heavy atom. The third kappa shape index (κ3) is 2.29. The predicted molar refractivity (Wildman–Crippen MR) is 146 cm³/mol. The molecule has 2 nitrogen and oxygen atoms in total. The molecule has 5 aromatic carbocycles. The molecular formula is C33H23NO. The van der Waals surface area contributed by atoms with Crippen molar-refractivity contribution in [1.29, 1.82) is 0 Å². The second-order valence-corrected chi connectivity index (χ2v) is 10.2. The molecule has 0 saturated heterocycles. The minimum atomic E-state index is -0.0370. The quantitative estimate of drug-likeness (QED) is 0.244. The molecule has 2 aromatic heterocycles. The van der Waals surface area contributed by atoms with Crippen molar-refractivity contribution in [2.24, 2.45) is 0 Å². The van der Waals surface area contributed by atoms with E-state index in [1.54, 1.807) is 0 Å². The van der Waals surface area contributed by atoms with Crippen LogP contribution in [0.1, 0.15) is 25.0 Å². The summed E-state index contributed by atoms with van der Waals surface area (Å²) in [6.45, 7) is 4.69. The summed E-state index contributed by atoms with van der Waals surface area (Å²) in [6, 6.07) is 37.1. The number of aromatic nitrogens is 1. The lowest BCUT2D eigenvalue weighted by Crippen LogP contribution is -2.14. The van der Waals surface area contributed by atoms with Crippen LogP contribution < -0.4 is 0 Å². The highest BCUT2D eigenvalue weighted by Crippen LogP contribution is 2.53. The summed E-state index contributed by atoms with van der Waals surface area (Å²) < 4.78 is 8.96. The summed E-state index contributed by atoms with van der Waals surface area (Å²) in [7, 11) is 0. The third-order valence-electron chi connectivity index (χ3n) is 8.00. The summed E-state index contributed by atoms with van der Waals surface area (Å²) in [5.74, 6) is 0. The number of benzene rings is 5. The van der Waals surface area contributed by atoms with E-state index >= 15 is 0 Å². The highest BCUT2D eigenvalue weighted by molar-refractivity contribution is 6.25. The minimum absolute atomic E-state index is 0.0370. The maximum atomic E-state index is 6.57. The molecule has 0 saturated carbocycles. The molecule has 8 rings (SSSR count). The maximum Gasteiger partial charge on any atom is 0.160 e. The molecule has 1 aliphatic carbocycles. The molecule has 0 radical (unpaired) electrons. The van der Waals surface area contributed by atoms with E-state index in [9.17, 15) is 0 Å². The van der Waals surface area contributed by atoms with Gasteiger partial charge in [-0.15, -0.1) is 0 Å². The van der Waals surface area contributed by atoms with Crippen LogP contribution in [-0.4, -0.2) is 4.57 Å². The fourth-order valence-corrected chi connectivity index (χ4v) is 6.41. The first-order valence-electron chi connectivity index (χ1n) is 12.2. The molecule has 2 heterocycles. The molecule has 35 heavy (non-hydrogen) atoms. The molecule has 0 unspecified atom stereocenters. The van der Waals surface area contributed by atoms with Crippen LogP contribution in [0, 0.1) is 0 Å². The second kappa shape index (κ2) is 6.43. The third-order valence-corrected chi connectivity index (χ3v) is 8.00. The molecule has 2 heteroatoms. The number of para-hydroxylation sites is 2. The van der Waals surface area contributed by atoms with Gasteiger partial charge in [0.15, 0.2) is 5.58 Å². The van der Waals surface area contributed by atoms with Crippen molar-refractivity contribution in [2.75, 3.05) is 0 Å². The fourth-order valence-electron chi connectivity index (χ4n) is 6.41. The zero-order chi connectivity index (χ0) is 23.3. The summed E-state index contributed by atoms with van der Waals surface area (Å²) in [5, 5.41) is 4.86.